The third-order valence-corrected chi connectivity index (χ3v) is 5.31. The van der Waals surface area contributed by atoms with Crippen molar-refractivity contribution in [1.29, 1.82) is 0 Å². The summed E-state index contributed by atoms with van der Waals surface area (Å²) in [6.07, 6.45) is 7.21. The van der Waals surface area contributed by atoms with Gasteiger partial charge in [-0.05, 0) is 23.8 Å². The zero-order valence-corrected chi connectivity index (χ0v) is 14.3. The molecule has 1 amide bonds. The maximum atomic E-state index is 13.5. The van der Waals surface area contributed by atoms with E-state index in [1.165, 1.54) is 0 Å². The predicted octanol–water partition coefficient (Wildman–Crippen LogP) is 2.57. The van der Waals surface area contributed by atoms with Crippen molar-refractivity contribution in [3.05, 3.63) is 95.8 Å². The quantitative estimate of drug-likeness (QED) is 0.868. The van der Waals surface area contributed by atoms with Gasteiger partial charge in [-0.1, -0.05) is 54.6 Å². The smallest absolute Gasteiger partial charge is 0.263 e. The molecule has 0 saturated heterocycles. The monoisotopic (exact) mass is 356 g/mol. The van der Waals surface area contributed by atoms with Crippen molar-refractivity contribution in [1.82, 2.24) is 4.90 Å². The van der Waals surface area contributed by atoms with E-state index in [0.717, 1.165) is 5.56 Å². The number of hydrogen-bond acceptors (Lipinski definition) is 4. The van der Waals surface area contributed by atoms with Crippen LogP contribution in [0.25, 0.3) is 5.57 Å². The van der Waals surface area contributed by atoms with Gasteiger partial charge in [0.25, 0.3) is 5.91 Å². The third-order valence-electron chi connectivity index (χ3n) is 5.31. The average molecular weight is 356 g/mol. The van der Waals surface area contributed by atoms with E-state index in [2.05, 4.69) is 5.32 Å². The Morgan fingerprint density at radius 2 is 1.70 bits per heavy atom. The van der Waals surface area contributed by atoms with Crippen LogP contribution >= 0.6 is 0 Å². The second-order valence-electron chi connectivity index (χ2n) is 6.77. The number of rotatable bonds is 2. The minimum Gasteiger partial charge on any atom is -0.373 e. The molecule has 0 bridgehead atoms. The molecular formula is C22H16N2O3. The van der Waals surface area contributed by atoms with E-state index in [9.17, 15) is 14.7 Å². The summed E-state index contributed by atoms with van der Waals surface area (Å²) < 4.78 is 0. The van der Waals surface area contributed by atoms with Gasteiger partial charge in [0, 0.05) is 17.5 Å². The first-order valence-electron chi connectivity index (χ1n) is 8.73. The van der Waals surface area contributed by atoms with Gasteiger partial charge in [0.1, 0.15) is 6.04 Å². The molecule has 0 fully saturated rings. The highest BCUT2D eigenvalue weighted by molar-refractivity contribution is 6.29. The molecule has 0 aliphatic carbocycles. The van der Waals surface area contributed by atoms with Crippen molar-refractivity contribution in [2.45, 2.75) is 11.6 Å². The highest BCUT2D eigenvalue weighted by atomic mass is 16.3. The summed E-state index contributed by atoms with van der Waals surface area (Å²) in [4.78, 5) is 28.0. The number of para-hydroxylation sites is 1. The summed E-state index contributed by atoms with van der Waals surface area (Å²) >= 11 is 0. The van der Waals surface area contributed by atoms with Gasteiger partial charge in [0.05, 0.1) is 11.3 Å². The van der Waals surface area contributed by atoms with E-state index in [1.807, 2.05) is 42.5 Å². The van der Waals surface area contributed by atoms with Crippen LogP contribution < -0.4 is 5.32 Å². The lowest BCUT2D eigenvalue weighted by Crippen LogP contribution is -2.54. The number of carbonyl (C=O) groups is 2. The number of amides is 1. The highest BCUT2D eigenvalue weighted by Gasteiger charge is 2.59. The molecule has 5 heteroatoms. The maximum Gasteiger partial charge on any atom is 0.263 e. The molecule has 0 radical (unpaired) electrons. The van der Waals surface area contributed by atoms with Crippen molar-refractivity contribution < 1.29 is 14.7 Å². The van der Waals surface area contributed by atoms with Gasteiger partial charge in [-0.3, -0.25) is 9.59 Å². The summed E-state index contributed by atoms with van der Waals surface area (Å²) in [5.74, 6) is -0.861. The lowest BCUT2D eigenvalue weighted by molar-refractivity contribution is -0.144. The Labute approximate surface area is 155 Å². The first kappa shape index (κ1) is 15.8. The number of fused-ring (bicyclic) bond motifs is 2. The Bertz CT molecular complexity index is 1070. The first-order chi connectivity index (χ1) is 13.1. The van der Waals surface area contributed by atoms with Crippen LogP contribution in [0, 0.1) is 0 Å². The molecule has 0 spiro atoms. The van der Waals surface area contributed by atoms with Crippen LogP contribution in [0.2, 0.25) is 0 Å². The van der Waals surface area contributed by atoms with Crippen LogP contribution in [0.3, 0.4) is 0 Å². The number of hydrogen-bond donors (Lipinski definition) is 2. The summed E-state index contributed by atoms with van der Waals surface area (Å²) in [6, 6.07) is 15.2. The summed E-state index contributed by atoms with van der Waals surface area (Å²) in [7, 11) is 0. The fraction of sp³-hybridized carbons (Fsp3) is 0.0909. The van der Waals surface area contributed by atoms with E-state index in [0.29, 0.717) is 22.5 Å². The average Bonchev–Trinajstić information content (AvgIpc) is 3.14. The largest absolute Gasteiger partial charge is 0.373 e. The number of anilines is 1. The van der Waals surface area contributed by atoms with Gasteiger partial charge in [0.2, 0.25) is 0 Å². The molecule has 0 saturated carbocycles. The number of ketones is 1. The van der Waals surface area contributed by atoms with Crippen molar-refractivity contribution in [3.8, 4) is 0 Å². The van der Waals surface area contributed by atoms with Crippen LogP contribution in [0.4, 0.5) is 5.69 Å². The van der Waals surface area contributed by atoms with Crippen LogP contribution in [0.5, 0.6) is 0 Å². The van der Waals surface area contributed by atoms with Crippen molar-refractivity contribution >= 4 is 23.0 Å². The molecule has 5 nitrogen and oxygen atoms in total. The number of Topliss-reactive ketones (excluding diaryl/α,β-unsaturated/α-hetero) is 1. The standard InChI is InChI=1S/C22H16N2O3/c25-19-18(14-8-2-1-3-9-14)17-12-6-7-13-24(17)20(19)22(27)15-10-4-5-11-16(15)23-21(22)26/h1-13,20,27H,(H,23,26). The molecule has 2 aromatic carbocycles. The topological polar surface area (TPSA) is 69.6 Å². The summed E-state index contributed by atoms with van der Waals surface area (Å²) in [5.41, 5.74) is 0.940. The van der Waals surface area contributed by atoms with Gasteiger partial charge in [-0.15, -0.1) is 0 Å². The Kier molecular flexibility index (Phi) is 3.23. The first-order valence-corrected chi connectivity index (χ1v) is 8.73. The number of allylic oxidation sites excluding steroid dienone is 3. The van der Waals surface area contributed by atoms with Crippen LogP contribution in [-0.4, -0.2) is 27.7 Å². The predicted molar refractivity (Wildman–Crippen MR) is 101 cm³/mol. The fourth-order valence-corrected chi connectivity index (χ4v) is 4.10. The number of aliphatic hydroxyl groups is 1. The minimum absolute atomic E-state index is 0.276. The van der Waals surface area contributed by atoms with E-state index in [1.54, 1.807) is 41.4 Å². The van der Waals surface area contributed by atoms with Gasteiger partial charge < -0.3 is 15.3 Å². The highest BCUT2D eigenvalue weighted by Crippen LogP contribution is 2.47. The molecule has 2 N–H and O–H groups in total. The zero-order chi connectivity index (χ0) is 18.6. The maximum absolute atomic E-state index is 13.5. The molecule has 2 atom stereocenters. The molecule has 3 aliphatic heterocycles. The zero-order valence-electron chi connectivity index (χ0n) is 14.3. The second kappa shape index (κ2) is 5.53. The summed E-state index contributed by atoms with van der Waals surface area (Å²) in [5, 5.41) is 14.2. The SMILES string of the molecule is O=C1C(c2ccccc2)=C2C=CC=CN2C1C1(O)C(=O)Nc2ccccc21. The normalized spacial score (nSPS) is 25.7. The number of nitrogens with zero attached hydrogens (tertiary/aromatic N) is 1. The molecule has 3 aliphatic rings. The summed E-state index contributed by atoms with van der Waals surface area (Å²) in [6.45, 7) is 0. The number of benzene rings is 2. The van der Waals surface area contributed by atoms with Gasteiger partial charge in [-0.2, -0.15) is 0 Å². The second-order valence-corrected chi connectivity index (χ2v) is 6.77. The molecule has 0 aromatic heterocycles. The van der Waals surface area contributed by atoms with Crippen molar-refractivity contribution in [2.75, 3.05) is 5.32 Å². The van der Waals surface area contributed by atoms with Crippen LogP contribution in [-0.2, 0) is 15.2 Å². The molecule has 27 heavy (non-hydrogen) atoms. The molecule has 2 unspecified atom stereocenters. The van der Waals surface area contributed by atoms with E-state index < -0.39 is 17.6 Å². The third kappa shape index (κ3) is 2.03. The number of nitrogens with one attached hydrogen (secondary N) is 1. The Morgan fingerprint density at radius 3 is 2.52 bits per heavy atom. The lowest BCUT2D eigenvalue weighted by atomic mass is 9.83. The van der Waals surface area contributed by atoms with E-state index in [-0.39, 0.29) is 5.78 Å². The Balaban J connectivity index is 1.70. The van der Waals surface area contributed by atoms with Crippen molar-refractivity contribution in [3.63, 3.8) is 0 Å². The minimum atomic E-state index is -1.97. The van der Waals surface area contributed by atoms with Gasteiger partial charge in [0.15, 0.2) is 11.4 Å². The molecular weight excluding hydrogens is 340 g/mol. The lowest BCUT2D eigenvalue weighted by Gasteiger charge is -2.34. The van der Waals surface area contributed by atoms with Crippen LogP contribution in [0.15, 0.2) is 84.7 Å². The van der Waals surface area contributed by atoms with Gasteiger partial charge in [-0.25, -0.2) is 0 Å². The molecule has 3 heterocycles. The molecule has 5 rings (SSSR count). The van der Waals surface area contributed by atoms with Crippen molar-refractivity contribution in [2.24, 2.45) is 0 Å². The van der Waals surface area contributed by atoms with E-state index in [4.69, 9.17) is 0 Å². The Hall–Kier alpha value is -3.44. The number of carbonyl (C=O) groups excluding carboxylic acids is 2. The molecule has 2 aromatic rings. The molecule has 132 valence electrons. The Morgan fingerprint density at radius 1 is 0.963 bits per heavy atom. The van der Waals surface area contributed by atoms with Crippen LogP contribution in [0.1, 0.15) is 11.1 Å². The van der Waals surface area contributed by atoms with Gasteiger partial charge >= 0.3 is 0 Å². The fourth-order valence-electron chi connectivity index (χ4n) is 4.10. The van der Waals surface area contributed by atoms with E-state index >= 15 is 0 Å².